The van der Waals surface area contributed by atoms with Crippen molar-refractivity contribution in [2.75, 3.05) is 33.5 Å². The molecule has 12 heteroatoms. The van der Waals surface area contributed by atoms with Gasteiger partial charge in [-0.3, -0.25) is 18.1 Å². The monoisotopic (exact) mass is 391 g/mol. The SMILES string of the molecule is COP(=O)(O)O[C@@H]1CCO[C@@H]1COP(=O)(O)OCCCCCCN. The van der Waals surface area contributed by atoms with Crippen molar-refractivity contribution in [3.05, 3.63) is 0 Å². The molecule has 0 bridgehead atoms. The number of nitrogens with two attached hydrogens (primary N) is 1. The first-order valence-corrected chi connectivity index (χ1v) is 10.8. The Hall–Kier alpha value is 0.140. The molecule has 4 N–H and O–H groups in total. The van der Waals surface area contributed by atoms with E-state index in [4.69, 9.17) is 24.0 Å². The van der Waals surface area contributed by atoms with Crippen LogP contribution in [0.5, 0.6) is 0 Å². The molecule has 10 nitrogen and oxygen atoms in total. The number of phosphoric ester groups is 2. The molecule has 0 radical (unpaired) electrons. The topological polar surface area (TPSA) is 147 Å². The molecule has 1 saturated heterocycles. The van der Waals surface area contributed by atoms with Crippen molar-refractivity contribution in [2.45, 2.75) is 44.3 Å². The highest BCUT2D eigenvalue weighted by molar-refractivity contribution is 7.47. The number of rotatable bonds is 13. The first-order chi connectivity index (χ1) is 11.3. The third-order valence-electron chi connectivity index (χ3n) is 3.40. The predicted octanol–water partition coefficient (Wildman–Crippen LogP) is 1.56. The van der Waals surface area contributed by atoms with Gasteiger partial charge in [0.15, 0.2) is 0 Å². The van der Waals surface area contributed by atoms with Crippen molar-refractivity contribution in [1.29, 1.82) is 0 Å². The number of phosphoric acid groups is 2. The van der Waals surface area contributed by atoms with Gasteiger partial charge in [0.2, 0.25) is 0 Å². The largest absolute Gasteiger partial charge is 0.472 e. The summed E-state index contributed by atoms with van der Waals surface area (Å²) < 4.78 is 47.5. The van der Waals surface area contributed by atoms with Crippen molar-refractivity contribution in [3.8, 4) is 0 Å². The van der Waals surface area contributed by atoms with Crippen molar-refractivity contribution < 1.29 is 41.7 Å². The van der Waals surface area contributed by atoms with Crippen LogP contribution in [0.4, 0.5) is 0 Å². The van der Waals surface area contributed by atoms with Gasteiger partial charge in [0.1, 0.15) is 12.2 Å². The number of hydrogen-bond acceptors (Lipinski definition) is 8. The van der Waals surface area contributed by atoms with Crippen LogP contribution in [0.3, 0.4) is 0 Å². The van der Waals surface area contributed by atoms with Gasteiger partial charge in [0.05, 0.1) is 13.2 Å². The summed E-state index contributed by atoms with van der Waals surface area (Å²) in [5.41, 5.74) is 5.37. The zero-order valence-electron chi connectivity index (χ0n) is 13.7. The van der Waals surface area contributed by atoms with E-state index < -0.39 is 27.9 Å². The molecule has 1 aliphatic heterocycles. The second-order valence-corrected chi connectivity index (χ2v) is 8.26. The first-order valence-electron chi connectivity index (χ1n) is 7.80. The van der Waals surface area contributed by atoms with E-state index in [1.807, 2.05) is 0 Å². The molecule has 0 aromatic heterocycles. The molecule has 0 saturated carbocycles. The summed E-state index contributed by atoms with van der Waals surface area (Å²) in [5.74, 6) is 0. The van der Waals surface area contributed by atoms with Crippen LogP contribution in [0.1, 0.15) is 32.1 Å². The van der Waals surface area contributed by atoms with Gasteiger partial charge in [0.25, 0.3) is 0 Å². The first kappa shape index (κ1) is 22.2. The van der Waals surface area contributed by atoms with E-state index in [1.165, 1.54) is 0 Å². The van der Waals surface area contributed by atoms with E-state index in [2.05, 4.69) is 4.52 Å². The lowest BCUT2D eigenvalue weighted by atomic mass is 10.2. The number of ether oxygens (including phenoxy) is 1. The van der Waals surface area contributed by atoms with Crippen LogP contribution in [-0.2, 0) is 32.0 Å². The molecule has 4 atom stereocenters. The van der Waals surface area contributed by atoms with Crippen LogP contribution in [0, 0.1) is 0 Å². The van der Waals surface area contributed by atoms with Crippen LogP contribution < -0.4 is 5.73 Å². The van der Waals surface area contributed by atoms with Gasteiger partial charge in [-0.25, -0.2) is 9.13 Å². The lowest BCUT2D eigenvalue weighted by Crippen LogP contribution is -2.28. The van der Waals surface area contributed by atoms with E-state index >= 15 is 0 Å². The summed E-state index contributed by atoms with van der Waals surface area (Å²) in [7, 11) is -7.32. The Bertz CT molecular complexity index is 450. The van der Waals surface area contributed by atoms with Crippen molar-refractivity contribution in [3.63, 3.8) is 0 Å². The molecule has 144 valence electrons. The third kappa shape index (κ3) is 9.01. The highest BCUT2D eigenvalue weighted by atomic mass is 31.2. The Morgan fingerprint density at radius 2 is 1.83 bits per heavy atom. The summed E-state index contributed by atoms with van der Waals surface area (Å²) in [4.78, 5) is 18.9. The molecular weight excluding hydrogens is 364 g/mol. The molecule has 24 heavy (non-hydrogen) atoms. The predicted molar refractivity (Wildman–Crippen MR) is 85.3 cm³/mol. The normalized spacial score (nSPS) is 26.2. The molecule has 0 aromatic carbocycles. The van der Waals surface area contributed by atoms with Gasteiger partial charge >= 0.3 is 15.6 Å². The van der Waals surface area contributed by atoms with Gasteiger partial charge in [-0.05, 0) is 19.4 Å². The average Bonchev–Trinajstić information content (AvgIpc) is 2.95. The number of hydrogen-bond donors (Lipinski definition) is 3. The molecule has 1 aliphatic rings. The average molecular weight is 391 g/mol. The van der Waals surface area contributed by atoms with Gasteiger partial charge in [-0.1, -0.05) is 12.8 Å². The fourth-order valence-corrected chi connectivity index (χ4v) is 3.54. The second kappa shape index (κ2) is 11.0. The maximum absolute atomic E-state index is 11.8. The molecule has 1 heterocycles. The summed E-state index contributed by atoms with van der Waals surface area (Å²) in [6.07, 6.45) is 2.14. The van der Waals surface area contributed by atoms with E-state index in [1.54, 1.807) is 0 Å². The Balaban J connectivity index is 2.29. The molecule has 1 fully saturated rings. The van der Waals surface area contributed by atoms with Gasteiger partial charge in [-0.15, -0.1) is 0 Å². The molecule has 0 amide bonds. The second-order valence-electron chi connectivity index (χ2n) is 5.29. The van der Waals surface area contributed by atoms with E-state index in [9.17, 15) is 18.9 Å². The van der Waals surface area contributed by atoms with Crippen molar-refractivity contribution >= 4 is 15.6 Å². The Morgan fingerprint density at radius 1 is 1.12 bits per heavy atom. The fraction of sp³-hybridized carbons (Fsp3) is 1.00. The van der Waals surface area contributed by atoms with Gasteiger partial charge in [-0.2, -0.15) is 0 Å². The van der Waals surface area contributed by atoms with Crippen molar-refractivity contribution in [1.82, 2.24) is 0 Å². The highest BCUT2D eigenvalue weighted by Crippen LogP contribution is 2.47. The van der Waals surface area contributed by atoms with Gasteiger partial charge in [0, 0.05) is 20.1 Å². The molecular formula is C12H27NO9P2. The zero-order valence-corrected chi connectivity index (χ0v) is 15.5. The highest BCUT2D eigenvalue weighted by Gasteiger charge is 2.37. The Morgan fingerprint density at radius 3 is 2.50 bits per heavy atom. The third-order valence-corrected chi connectivity index (χ3v) is 5.39. The van der Waals surface area contributed by atoms with Crippen LogP contribution in [0.2, 0.25) is 0 Å². The molecule has 0 spiro atoms. The molecule has 0 aliphatic carbocycles. The van der Waals surface area contributed by atoms with Crippen LogP contribution in [0.15, 0.2) is 0 Å². The maximum Gasteiger partial charge on any atom is 0.472 e. The van der Waals surface area contributed by atoms with E-state index in [-0.39, 0.29) is 19.8 Å². The smallest absolute Gasteiger partial charge is 0.373 e. The van der Waals surface area contributed by atoms with Crippen LogP contribution >= 0.6 is 15.6 Å². The van der Waals surface area contributed by atoms with Crippen LogP contribution in [-0.4, -0.2) is 55.5 Å². The Kier molecular flexibility index (Phi) is 10.1. The standard InChI is InChI=1S/C12H27NO9P2/c1-18-23(14,15)22-11-6-9-19-12(11)10-21-24(16,17)20-8-5-3-2-4-7-13/h11-12H,2-10,13H2,1H3,(H,14,15)(H,16,17)/t11-,12-/m1/s1. The Labute approximate surface area is 141 Å². The summed E-state index contributed by atoms with van der Waals surface area (Å²) in [6.45, 7) is 0.700. The summed E-state index contributed by atoms with van der Waals surface area (Å²) >= 11 is 0. The van der Waals surface area contributed by atoms with E-state index in [0.29, 0.717) is 19.4 Å². The minimum atomic E-state index is -4.21. The number of unbranched alkanes of at least 4 members (excludes halogenated alkanes) is 3. The zero-order chi connectivity index (χ0) is 18.1. The summed E-state index contributed by atoms with van der Waals surface area (Å²) in [6, 6.07) is 0. The fourth-order valence-electron chi connectivity index (χ4n) is 2.10. The minimum Gasteiger partial charge on any atom is -0.373 e. The van der Waals surface area contributed by atoms with Gasteiger partial charge < -0.3 is 20.3 Å². The van der Waals surface area contributed by atoms with Crippen LogP contribution in [0.25, 0.3) is 0 Å². The lowest BCUT2D eigenvalue weighted by molar-refractivity contribution is -0.00151. The molecule has 2 unspecified atom stereocenters. The summed E-state index contributed by atoms with van der Waals surface area (Å²) in [5, 5.41) is 0. The minimum absolute atomic E-state index is 0.0965. The maximum atomic E-state index is 11.8. The molecule has 1 rings (SSSR count). The molecule has 0 aromatic rings. The quantitative estimate of drug-likeness (QED) is 0.312. The van der Waals surface area contributed by atoms with E-state index in [0.717, 1.165) is 26.4 Å². The lowest BCUT2D eigenvalue weighted by Gasteiger charge is -2.21. The van der Waals surface area contributed by atoms with Crippen molar-refractivity contribution in [2.24, 2.45) is 5.73 Å².